The molecule has 1 fully saturated rings. The van der Waals surface area contributed by atoms with E-state index in [0.717, 1.165) is 30.8 Å². The van der Waals surface area contributed by atoms with Gasteiger partial charge < -0.3 is 0 Å². The van der Waals surface area contributed by atoms with Crippen LogP contribution >= 0.6 is 0 Å². The summed E-state index contributed by atoms with van der Waals surface area (Å²) < 4.78 is 1.74. The molecule has 102 valence electrons. The van der Waals surface area contributed by atoms with Crippen molar-refractivity contribution >= 4 is 0 Å². The molecule has 0 N–H and O–H groups in total. The molecule has 0 spiro atoms. The Balaban J connectivity index is 1.90. The van der Waals surface area contributed by atoms with Crippen molar-refractivity contribution in [2.24, 2.45) is 11.3 Å². The molecule has 0 bridgehead atoms. The Morgan fingerprint density at radius 1 is 1.40 bits per heavy atom. The summed E-state index contributed by atoms with van der Waals surface area (Å²) in [5.41, 5.74) is 0.632. The third kappa shape index (κ3) is 2.29. The van der Waals surface area contributed by atoms with Crippen molar-refractivity contribution in [1.82, 2.24) is 20.2 Å². The van der Waals surface area contributed by atoms with Gasteiger partial charge in [-0.05, 0) is 47.7 Å². The van der Waals surface area contributed by atoms with E-state index in [1.54, 1.807) is 4.68 Å². The second-order valence-corrected chi connectivity index (χ2v) is 5.76. The fourth-order valence-corrected chi connectivity index (χ4v) is 3.08. The van der Waals surface area contributed by atoms with Crippen molar-refractivity contribution in [3.05, 3.63) is 36.2 Å². The largest absolute Gasteiger partial charge is 0.198 e. The average Bonchev–Trinajstić information content (AvgIpc) is 3.08. The van der Waals surface area contributed by atoms with Gasteiger partial charge in [-0.25, -0.2) is 0 Å². The summed E-state index contributed by atoms with van der Waals surface area (Å²) in [4.78, 5) is 0. The van der Waals surface area contributed by atoms with Crippen molar-refractivity contribution in [2.45, 2.75) is 32.6 Å². The molecule has 2 unspecified atom stereocenters. The number of hydrogen-bond acceptors (Lipinski definition) is 4. The fourth-order valence-electron chi connectivity index (χ4n) is 3.08. The van der Waals surface area contributed by atoms with E-state index < -0.39 is 0 Å². The van der Waals surface area contributed by atoms with Gasteiger partial charge in [-0.3, -0.25) is 0 Å². The molecule has 20 heavy (non-hydrogen) atoms. The maximum atomic E-state index is 9.57. The van der Waals surface area contributed by atoms with Gasteiger partial charge >= 0.3 is 0 Å². The second kappa shape index (κ2) is 5.04. The minimum Gasteiger partial charge on any atom is -0.198 e. The number of rotatable bonds is 3. The molecule has 0 aliphatic heterocycles. The molecule has 5 nitrogen and oxygen atoms in total. The van der Waals surface area contributed by atoms with E-state index >= 15 is 0 Å². The molecule has 1 aromatic heterocycles. The van der Waals surface area contributed by atoms with Crippen LogP contribution in [0.3, 0.4) is 0 Å². The second-order valence-electron chi connectivity index (χ2n) is 5.76. The predicted molar refractivity (Wildman–Crippen MR) is 73.9 cm³/mol. The van der Waals surface area contributed by atoms with Crippen LogP contribution < -0.4 is 0 Å². The zero-order valence-electron chi connectivity index (χ0n) is 11.5. The van der Waals surface area contributed by atoms with Crippen LogP contribution in [0, 0.1) is 22.7 Å². The number of benzene rings is 1. The molecule has 1 aromatic carbocycles. The molecule has 0 radical (unpaired) electrons. The lowest BCUT2D eigenvalue weighted by Gasteiger charge is -2.19. The molecule has 1 saturated carbocycles. The standard InChI is InChI=1S/C15H17N5/c1-12-7-8-15(9-12,11-16)10-14-17-18-19-20(14)13-5-3-2-4-6-13/h2-6,12H,7-10H2,1H3. The highest BCUT2D eigenvalue weighted by Crippen LogP contribution is 2.43. The fraction of sp³-hybridized carbons (Fsp3) is 0.467. The number of aromatic nitrogens is 4. The molecule has 3 rings (SSSR count). The van der Waals surface area contributed by atoms with Crippen LogP contribution in [0.4, 0.5) is 0 Å². The van der Waals surface area contributed by atoms with E-state index in [-0.39, 0.29) is 5.41 Å². The minimum absolute atomic E-state index is 0.305. The van der Waals surface area contributed by atoms with Crippen LogP contribution in [0.25, 0.3) is 5.69 Å². The summed E-state index contributed by atoms with van der Waals surface area (Å²) in [6, 6.07) is 12.3. The molecule has 2 atom stereocenters. The average molecular weight is 267 g/mol. The topological polar surface area (TPSA) is 67.4 Å². The lowest BCUT2D eigenvalue weighted by atomic mass is 9.83. The number of hydrogen-bond donors (Lipinski definition) is 0. The minimum atomic E-state index is -0.305. The maximum Gasteiger partial charge on any atom is 0.158 e. The van der Waals surface area contributed by atoms with Crippen LogP contribution in [0.15, 0.2) is 30.3 Å². The Morgan fingerprint density at radius 2 is 2.20 bits per heavy atom. The van der Waals surface area contributed by atoms with Crippen molar-refractivity contribution in [3.63, 3.8) is 0 Å². The van der Waals surface area contributed by atoms with E-state index in [1.165, 1.54) is 0 Å². The number of para-hydroxylation sites is 1. The van der Waals surface area contributed by atoms with Crippen LogP contribution in [-0.2, 0) is 6.42 Å². The van der Waals surface area contributed by atoms with E-state index in [9.17, 15) is 5.26 Å². The van der Waals surface area contributed by atoms with Crippen LogP contribution in [0.5, 0.6) is 0 Å². The summed E-state index contributed by atoms with van der Waals surface area (Å²) in [6.07, 6.45) is 3.60. The highest BCUT2D eigenvalue weighted by atomic mass is 15.5. The molecular formula is C15H17N5. The zero-order chi connectivity index (χ0) is 14.0. The van der Waals surface area contributed by atoms with Gasteiger partial charge in [-0.1, -0.05) is 25.1 Å². The first-order valence-electron chi connectivity index (χ1n) is 6.96. The van der Waals surface area contributed by atoms with Crippen LogP contribution in [0.2, 0.25) is 0 Å². The summed E-state index contributed by atoms with van der Waals surface area (Å²) in [5, 5.41) is 21.5. The third-order valence-corrected chi connectivity index (χ3v) is 4.12. The van der Waals surface area contributed by atoms with Crippen LogP contribution in [-0.4, -0.2) is 20.2 Å². The van der Waals surface area contributed by atoms with Crippen molar-refractivity contribution in [1.29, 1.82) is 5.26 Å². The Hall–Kier alpha value is -2.22. The smallest absolute Gasteiger partial charge is 0.158 e. The molecular weight excluding hydrogens is 250 g/mol. The van der Waals surface area contributed by atoms with Crippen molar-refractivity contribution in [2.75, 3.05) is 0 Å². The summed E-state index contributed by atoms with van der Waals surface area (Å²) in [7, 11) is 0. The first-order chi connectivity index (χ1) is 9.72. The summed E-state index contributed by atoms with van der Waals surface area (Å²) in [5.74, 6) is 1.38. The van der Waals surface area contributed by atoms with E-state index in [0.29, 0.717) is 12.3 Å². The lowest BCUT2D eigenvalue weighted by Crippen LogP contribution is -2.20. The molecule has 1 aliphatic carbocycles. The highest BCUT2D eigenvalue weighted by molar-refractivity contribution is 5.30. The Kier molecular flexibility index (Phi) is 3.23. The predicted octanol–water partition coefficient (Wildman–Crippen LogP) is 2.53. The lowest BCUT2D eigenvalue weighted by molar-refractivity contribution is 0.379. The molecule has 2 aromatic rings. The number of nitriles is 1. The van der Waals surface area contributed by atoms with Gasteiger partial charge in [0.2, 0.25) is 0 Å². The Morgan fingerprint density at radius 3 is 2.85 bits per heavy atom. The molecule has 0 amide bonds. The van der Waals surface area contributed by atoms with Gasteiger partial charge in [0, 0.05) is 6.42 Å². The number of nitrogens with zero attached hydrogens (tertiary/aromatic N) is 5. The normalized spacial score (nSPS) is 25.5. The van der Waals surface area contributed by atoms with Gasteiger partial charge in [-0.15, -0.1) is 5.10 Å². The quantitative estimate of drug-likeness (QED) is 0.857. The van der Waals surface area contributed by atoms with Gasteiger partial charge in [0.25, 0.3) is 0 Å². The Labute approximate surface area is 118 Å². The molecule has 1 heterocycles. The van der Waals surface area contributed by atoms with Crippen LogP contribution in [0.1, 0.15) is 32.0 Å². The highest BCUT2D eigenvalue weighted by Gasteiger charge is 2.39. The van der Waals surface area contributed by atoms with E-state index in [4.69, 9.17) is 0 Å². The summed E-state index contributed by atoms with van der Waals surface area (Å²) in [6.45, 7) is 2.21. The Bertz CT molecular complexity index is 627. The van der Waals surface area contributed by atoms with Crippen molar-refractivity contribution in [3.8, 4) is 11.8 Å². The first-order valence-corrected chi connectivity index (χ1v) is 6.96. The van der Waals surface area contributed by atoms with Crippen molar-refractivity contribution < 1.29 is 0 Å². The monoisotopic (exact) mass is 267 g/mol. The maximum absolute atomic E-state index is 9.57. The molecule has 5 heteroatoms. The SMILES string of the molecule is CC1CCC(C#N)(Cc2nnnn2-c2ccccc2)C1. The van der Waals surface area contributed by atoms with Gasteiger partial charge in [0.1, 0.15) is 0 Å². The number of tetrazole rings is 1. The van der Waals surface area contributed by atoms with Gasteiger partial charge in [0.05, 0.1) is 17.2 Å². The third-order valence-electron chi connectivity index (χ3n) is 4.12. The van der Waals surface area contributed by atoms with Gasteiger partial charge in [0.15, 0.2) is 5.82 Å². The molecule has 0 saturated heterocycles. The van der Waals surface area contributed by atoms with E-state index in [1.807, 2.05) is 30.3 Å². The zero-order valence-corrected chi connectivity index (χ0v) is 11.5. The summed E-state index contributed by atoms with van der Waals surface area (Å²) >= 11 is 0. The first kappa shape index (κ1) is 12.8. The van der Waals surface area contributed by atoms with E-state index in [2.05, 4.69) is 28.5 Å². The molecule has 1 aliphatic rings. The van der Waals surface area contributed by atoms with Gasteiger partial charge in [-0.2, -0.15) is 9.94 Å².